The van der Waals surface area contributed by atoms with Crippen molar-refractivity contribution in [2.45, 2.75) is 65.7 Å². The van der Waals surface area contributed by atoms with Crippen molar-refractivity contribution in [2.75, 3.05) is 13.1 Å². The van der Waals surface area contributed by atoms with Crippen molar-refractivity contribution in [3.63, 3.8) is 0 Å². The minimum atomic E-state index is 0.160. The summed E-state index contributed by atoms with van der Waals surface area (Å²) in [6, 6.07) is 0.577. The molecular formula is C15H29N5. The number of rotatable bonds is 4. The van der Waals surface area contributed by atoms with Gasteiger partial charge in [0.2, 0.25) is 0 Å². The molecule has 1 fully saturated rings. The van der Waals surface area contributed by atoms with E-state index in [-0.39, 0.29) is 5.54 Å². The number of hydrogen-bond donors (Lipinski definition) is 1. The molecule has 1 atom stereocenters. The second-order valence-corrected chi connectivity index (χ2v) is 7.11. The van der Waals surface area contributed by atoms with Gasteiger partial charge in [-0.15, -0.1) is 0 Å². The summed E-state index contributed by atoms with van der Waals surface area (Å²) in [4.78, 5) is 6.99. The number of nitrogens with one attached hydrogen (secondary N) is 1. The van der Waals surface area contributed by atoms with Crippen molar-refractivity contribution in [1.82, 2.24) is 25.0 Å². The SMILES string of the molecule is CC(C)Cn1ncnc1CN1CC(C)(C)NCCC1C. The summed E-state index contributed by atoms with van der Waals surface area (Å²) in [6.45, 7) is 15.3. The van der Waals surface area contributed by atoms with Gasteiger partial charge in [0.05, 0.1) is 6.54 Å². The second-order valence-electron chi connectivity index (χ2n) is 7.11. The fourth-order valence-corrected chi connectivity index (χ4v) is 2.82. The Balaban J connectivity index is 2.09. The maximum atomic E-state index is 4.47. The van der Waals surface area contributed by atoms with Crippen molar-refractivity contribution >= 4 is 0 Å². The molecule has 1 saturated heterocycles. The van der Waals surface area contributed by atoms with Crippen LogP contribution in [0.1, 0.15) is 46.9 Å². The van der Waals surface area contributed by atoms with E-state index in [1.165, 1.54) is 6.42 Å². The lowest BCUT2D eigenvalue weighted by molar-refractivity contribution is 0.165. The lowest BCUT2D eigenvalue weighted by atomic mass is 10.1. The van der Waals surface area contributed by atoms with Crippen molar-refractivity contribution in [3.05, 3.63) is 12.2 Å². The van der Waals surface area contributed by atoms with Crippen LogP contribution in [0.25, 0.3) is 0 Å². The summed E-state index contributed by atoms with van der Waals surface area (Å²) >= 11 is 0. The largest absolute Gasteiger partial charge is 0.310 e. The van der Waals surface area contributed by atoms with Crippen LogP contribution in [0, 0.1) is 5.92 Å². The first-order valence-electron chi connectivity index (χ1n) is 7.73. The Morgan fingerprint density at radius 1 is 1.45 bits per heavy atom. The van der Waals surface area contributed by atoms with E-state index in [9.17, 15) is 0 Å². The summed E-state index contributed by atoms with van der Waals surface area (Å²) in [5.74, 6) is 1.68. The lowest BCUT2D eigenvalue weighted by Crippen LogP contribution is -2.47. The van der Waals surface area contributed by atoms with E-state index in [1.807, 2.05) is 0 Å². The van der Waals surface area contributed by atoms with Gasteiger partial charge in [0.1, 0.15) is 12.2 Å². The molecule has 0 bridgehead atoms. The van der Waals surface area contributed by atoms with Gasteiger partial charge in [0, 0.05) is 24.7 Å². The molecule has 0 aliphatic carbocycles. The zero-order valence-corrected chi connectivity index (χ0v) is 13.6. The molecule has 1 aromatic rings. The van der Waals surface area contributed by atoms with Crippen LogP contribution in [0.5, 0.6) is 0 Å². The summed E-state index contributed by atoms with van der Waals surface area (Å²) in [5.41, 5.74) is 0.160. The van der Waals surface area contributed by atoms with Crippen LogP contribution >= 0.6 is 0 Å². The predicted octanol–water partition coefficient (Wildman–Crippen LogP) is 1.90. The minimum absolute atomic E-state index is 0.160. The van der Waals surface area contributed by atoms with Gasteiger partial charge >= 0.3 is 0 Å². The molecule has 0 amide bonds. The maximum absolute atomic E-state index is 4.47. The van der Waals surface area contributed by atoms with Gasteiger partial charge in [-0.2, -0.15) is 5.10 Å². The predicted molar refractivity (Wildman–Crippen MR) is 81.4 cm³/mol. The zero-order chi connectivity index (χ0) is 14.8. The molecule has 20 heavy (non-hydrogen) atoms. The van der Waals surface area contributed by atoms with Crippen LogP contribution in [0.3, 0.4) is 0 Å². The van der Waals surface area contributed by atoms with E-state index in [1.54, 1.807) is 6.33 Å². The smallest absolute Gasteiger partial charge is 0.141 e. The highest BCUT2D eigenvalue weighted by Gasteiger charge is 2.28. The molecule has 0 spiro atoms. The van der Waals surface area contributed by atoms with Crippen LogP contribution in [0.15, 0.2) is 6.33 Å². The van der Waals surface area contributed by atoms with Crippen LogP contribution in [-0.2, 0) is 13.1 Å². The Morgan fingerprint density at radius 3 is 2.90 bits per heavy atom. The Bertz CT molecular complexity index is 424. The van der Waals surface area contributed by atoms with Gasteiger partial charge in [-0.3, -0.25) is 4.90 Å². The molecular weight excluding hydrogens is 250 g/mol. The molecule has 1 aromatic heterocycles. The van der Waals surface area contributed by atoms with Gasteiger partial charge in [0.15, 0.2) is 0 Å². The molecule has 1 unspecified atom stereocenters. The molecule has 1 N–H and O–H groups in total. The van der Waals surface area contributed by atoms with E-state index in [2.05, 4.69) is 59.6 Å². The van der Waals surface area contributed by atoms with Crippen molar-refractivity contribution in [2.24, 2.45) is 5.92 Å². The lowest BCUT2D eigenvalue weighted by Gasteiger charge is -2.32. The van der Waals surface area contributed by atoms with E-state index in [4.69, 9.17) is 0 Å². The molecule has 5 heteroatoms. The molecule has 0 aromatic carbocycles. The summed E-state index contributed by atoms with van der Waals surface area (Å²) in [7, 11) is 0. The normalized spacial score (nSPS) is 24.0. The van der Waals surface area contributed by atoms with Crippen LogP contribution in [0.4, 0.5) is 0 Å². The van der Waals surface area contributed by atoms with Crippen LogP contribution in [-0.4, -0.2) is 44.3 Å². The van der Waals surface area contributed by atoms with Crippen molar-refractivity contribution in [1.29, 1.82) is 0 Å². The van der Waals surface area contributed by atoms with Crippen molar-refractivity contribution < 1.29 is 0 Å². The van der Waals surface area contributed by atoms with Gasteiger partial charge in [-0.05, 0) is 39.7 Å². The highest BCUT2D eigenvalue weighted by atomic mass is 15.4. The minimum Gasteiger partial charge on any atom is -0.310 e. The number of nitrogens with zero attached hydrogens (tertiary/aromatic N) is 4. The third-order valence-electron chi connectivity index (χ3n) is 3.97. The molecule has 114 valence electrons. The fraction of sp³-hybridized carbons (Fsp3) is 0.867. The molecule has 0 radical (unpaired) electrons. The molecule has 1 aliphatic rings. The second kappa shape index (κ2) is 6.22. The quantitative estimate of drug-likeness (QED) is 0.914. The van der Waals surface area contributed by atoms with Crippen molar-refractivity contribution in [3.8, 4) is 0 Å². The average Bonchev–Trinajstić information content (AvgIpc) is 2.68. The Labute approximate surface area is 122 Å². The Hall–Kier alpha value is -0.940. The molecule has 2 heterocycles. The Kier molecular flexibility index (Phi) is 4.81. The summed E-state index contributed by atoms with van der Waals surface area (Å²) in [6.07, 6.45) is 2.87. The van der Waals surface area contributed by atoms with Gasteiger partial charge < -0.3 is 5.32 Å². The highest BCUT2D eigenvalue weighted by molar-refractivity contribution is 4.92. The molecule has 1 aliphatic heterocycles. The zero-order valence-electron chi connectivity index (χ0n) is 13.6. The summed E-state index contributed by atoms with van der Waals surface area (Å²) < 4.78 is 2.06. The first-order valence-corrected chi connectivity index (χ1v) is 7.73. The van der Waals surface area contributed by atoms with E-state index in [0.29, 0.717) is 12.0 Å². The van der Waals surface area contributed by atoms with Gasteiger partial charge in [-0.1, -0.05) is 13.8 Å². The first kappa shape index (κ1) is 15.4. The van der Waals surface area contributed by atoms with Gasteiger partial charge in [0.25, 0.3) is 0 Å². The highest BCUT2D eigenvalue weighted by Crippen LogP contribution is 2.18. The topological polar surface area (TPSA) is 46.0 Å². The third-order valence-corrected chi connectivity index (χ3v) is 3.97. The van der Waals surface area contributed by atoms with E-state index in [0.717, 1.165) is 32.0 Å². The molecule has 5 nitrogen and oxygen atoms in total. The monoisotopic (exact) mass is 279 g/mol. The van der Waals surface area contributed by atoms with Gasteiger partial charge in [-0.25, -0.2) is 9.67 Å². The maximum Gasteiger partial charge on any atom is 0.141 e. The van der Waals surface area contributed by atoms with E-state index >= 15 is 0 Å². The number of hydrogen-bond acceptors (Lipinski definition) is 4. The molecule has 2 rings (SSSR count). The average molecular weight is 279 g/mol. The third kappa shape index (κ3) is 4.03. The first-order chi connectivity index (χ1) is 9.37. The summed E-state index contributed by atoms with van der Waals surface area (Å²) in [5, 5.41) is 7.99. The van der Waals surface area contributed by atoms with Crippen LogP contribution in [0.2, 0.25) is 0 Å². The number of aromatic nitrogens is 3. The van der Waals surface area contributed by atoms with E-state index < -0.39 is 0 Å². The fourth-order valence-electron chi connectivity index (χ4n) is 2.82. The standard InChI is InChI=1S/C15H29N5/c1-12(2)8-20-14(16-11-18-20)9-19-10-15(4,5)17-7-6-13(19)3/h11-13,17H,6-10H2,1-5H3. The molecule has 0 saturated carbocycles. The Morgan fingerprint density at radius 2 is 2.20 bits per heavy atom. The van der Waals surface area contributed by atoms with Crippen LogP contribution < -0.4 is 5.32 Å².